The molecule has 0 aliphatic carbocycles. The van der Waals surface area contributed by atoms with Crippen molar-refractivity contribution in [2.45, 2.75) is 37.1 Å². The smallest absolute Gasteiger partial charge is 0.243 e. The zero-order valence-electron chi connectivity index (χ0n) is 14.6. The lowest BCUT2D eigenvalue weighted by molar-refractivity contribution is -0.138. The van der Waals surface area contributed by atoms with Crippen LogP contribution in [0.2, 0.25) is 0 Å². The number of para-hydroxylation sites is 1. The van der Waals surface area contributed by atoms with Crippen molar-refractivity contribution in [1.29, 1.82) is 0 Å². The monoisotopic (exact) mass is 359 g/mol. The molecule has 1 aromatic carbocycles. The molecule has 0 unspecified atom stereocenters. The van der Waals surface area contributed by atoms with Gasteiger partial charge in [0.15, 0.2) is 0 Å². The average Bonchev–Trinajstić information content (AvgIpc) is 3.30. The van der Waals surface area contributed by atoms with Gasteiger partial charge in [-0.2, -0.15) is 0 Å². The summed E-state index contributed by atoms with van der Waals surface area (Å²) in [6, 6.07) is 10.1. The fraction of sp³-hybridized carbons (Fsp3) is 0.579. The summed E-state index contributed by atoms with van der Waals surface area (Å²) in [4.78, 5) is 28.9. The van der Waals surface area contributed by atoms with Gasteiger partial charge in [-0.1, -0.05) is 18.2 Å². The van der Waals surface area contributed by atoms with Crippen LogP contribution in [0.4, 0.5) is 5.69 Å². The highest BCUT2D eigenvalue weighted by atomic mass is 32.2. The maximum absolute atomic E-state index is 12.7. The van der Waals surface area contributed by atoms with Crippen LogP contribution in [-0.2, 0) is 9.59 Å². The maximum Gasteiger partial charge on any atom is 0.243 e. The van der Waals surface area contributed by atoms with Crippen LogP contribution in [0, 0.1) is 5.92 Å². The second-order valence-corrected chi connectivity index (χ2v) is 8.95. The molecule has 0 saturated carbocycles. The Morgan fingerprint density at radius 1 is 1.36 bits per heavy atom. The topological polar surface area (TPSA) is 52.7 Å². The molecule has 3 fully saturated rings. The van der Waals surface area contributed by atoms with Gasteiger partial charge in [-0.25, -0.2) is 0 Å². The summed E-state index contributed by atoms with van der Waals surface area (Å²) in [5.74, 6) is 1.33. The minimum atomic E-state index is -0.295. The predicted molar refractivity (Wildman–Crippen MR) is 101 cm³/mol. The van der Waals surface area contributed by atoms with E-state index in [-0.39, 0.29) is 22.7 Å². The number of thioether (sulfide) groups is 1. The van der Waals surface area contributed by atoms with Crippen LogP contribution in [0.1, 0.15) is 26.2 Å². The first-order valence-electron chi connectivity index (χ1n) is 9.11. The largest absolute Gasteiger partial charge is 0.371 e. The number of hydrogen-bond donors (Lipinski definition) is 1. The normalized spacial score (nSPS) is 31.5. The lowest BCUT2D eigenvalue weighted by atomic mass is 10.1. The Labute approximate surface area is 153 Å². The number of benzene rings is 1. The first-order chi connectivity index (χ1) is 12.1. The van der Waals surface area contributed by atoms with Gasteiger partial charge in [-0.3, -0.25) is 9.59 Å². The summed E-state index contributed by atoms with van der Waals surface area (Å²) in [5, 5.41) is 3.12. The molecule has 6 heteroatoms. The third-order valence-corrected chi connectivity index (χ3v) is 7.22. The third kappa shape index (κ3) is 3.12. The van der Waals surface area contributed by atoms with Crippen molar-refractivity contribution in [2.75, 3.05) is 30.3 Å². The number of carbonyl (C=O) groups excluding carboxylic acids is 2. The molecular weight excluding hydrogens is 334 g/mol. The summed E-state index contributed by atoms with van der Waals surface area (Å²) in [7, 11) is 0. The molecule has 0 bridgehead atoms. The highest BCUT2D eigenvalue weighted by Gasteiger charge is 2.52. The van der Waals surface area contributed by atoms with Crippen LogP contribution in [0.15, 0.2) is 30.3 Å². The molecule has 5 nitrogen and oxygen atoms in total. The van der Waals surface area contributed by atoms with Gasteiger partial charge in [0.05, 0.1) is 4.87 Å². The molecule has 3 saturated heterocycles. The summed E-state index contributed by atoms with van der Waals surface area (Å²) in [6.07, 6.45) is 2.52. The number of rotatable bonds is 4. The number of nitrogens with zero attached hydrogens (tertiary/aromatic N) is 2. The van der Waals surface area contributed by atoms with E-state index < -0.39 is 0 Å². The van der Waals surface area contributed by atoms with Crippen molar-refractivity contribution in [3.8, 4) is 0 Å². The molecule has 0 spiro atoms. The fourth-order valence-corrected chi connectivity index (χ4v) is 5.68. The molecule has 1 N–H and O–H groups in total. The van der Waals surface area contributed by atoms with Crippen LogP contribution < -0.4 is 10.2 Å². The number of amides is 2. The highest BCUT2D eigenvalue weighted by Crippen LogP contribution is 2.47. The Morgan fingerprint density at radius 3 is 2.96 bits per heavy atom. The minimum absolute atomic E-state index is 0.0182. The molecular formula is C19H25N3O2S. The molecule has 3 aliphatic rings. The van der Waals surface area contributed by atoms with Crippen molar-refractivity contribution in [1.82, 2.24) is 10.2 Å². The Hall–Kier alpha value is -1.69. The molecule has 4 rings (SSSR count). The zero-order chi connectivity index (χ0) is 17.4. The Morgan fingerprint density at radius 2 is 2.16 bits per heavy atom. The zero-order valence-corrected chi connectivity index (χ0v) is 15.4. The molecule has 3 aliphatic heterocycles. The number of carbonyl (C=O) groups is 2. The van der Waals surface area contributed by atoms with Crippen LogP contribution in [0.25, 0.3) is 0 Å². The number of anilines is 1. The van der Waals surface area contributed by atoms with Crippen LogP contribution in [-0.4, -0.2) is 53.0 Å². The summed E-state index contributed by atoms with van der Waals surface area (Å²) < 4.78 is 0. The van der Waals surface area contributed by atoms with Gasteiger partial charge < -0.3 is 15.1 Å². The van der Waals surface area contributed by atoms with E-state index in [0.29, 0.717) is 18.9 Å². The molecule has 3 atom stereocenters. The van der Waals surface area contributed by atoms with Crippen LogP contribution in [0.3, 0.4) is 0 Å². The molecule has 0 aromatic heterocycles. The average molecular weight is 359 g/mol. The summed E-state index contributed by atoms with van der Waals surface area (Å²) in [6.45, 7) is 4.79. The Kier molecular flexibility index (Phi) is 4.40. The van der Waals surface area contributed by atoms with E-state index in [1.54, 1.807) is 11.8 Å². The van der Waals surface area contributed by atoms with Gasteiger partial charge in [0.1, 0.15) is 6.04 Å². The highest BCUT2D eigenvalue weighted by molar-refractivity contribution is 8.01. The Balaban J connectivity index is 1.31. The quantitative estimate of drug-likeness (QED) is 0.894. The van der Waals surface area contributed by atoms with Crippen molar-refractivity contribution in [3.63, 3.8) is 0 Å². The summed E-state index contributed by atoms with van der Waals surface area (Å²) >= 11 is 1.75. The maximum atomic E-state index is 12.7. The summed E-state index contributed by atoms with van der Waals surface area (Å²) in [5.41, 5.74) is 1.25. The van der Waals surface area contributed by atoms with Gasteiger partial charge in [-0.15, -0.1) is 11.8 Å². The number of hydrogen-bond acceptors (Lipinski definition) is 4. The SMILES string of the molecule is C[C@]12CCC(=O)N1[C@@H](C(=O)NC[C@H]1CCN(c3ccccc3)C1)CS2. The Bertz CT molecular complexity index is 668. The number of nitrogens with one attached hydrogen (secondary N) is 1. The first-order valence-corrected chi connectivity index (χ1v) is 10.1. The van der Waals surface area contributed by atoms with Gasteiger partial charge >= 0.3 is 0 Å². The van der Waals surface area contributed by atoms with Crippen molar-refractivity contribution >= 4 is 29.3 Å². The van der Waals surface area contributed by atoms with E-state index in [2.05, 4.69) is 41.4 Å². The fourth-order valence-electron chi connectivity index (χ4n) is 4.25. The minimum Gasteiger partial charge on any atom is -0.371 e. The molecule has 134 valence electrons. The molecule has 0 radical (unpaired) electrons. The molecule has 3 heterocycles. The van der Waals surface area contributed by atoms with Crippen LogP contribution in [0.5, 0.6) is 0 Å². The molecule has 1 aromatic rings. The standard InChI is InChI=1S/C19H25N3O2S/c1-19-9-7-17(23)22(19)16(13-25-19)18(24)20-11-14-8-10-21(12-14)15-5-3-2-4-6-15/h2-6,14,16H,7-13H2,1H3,(H,20,24)/t14-,16-,19+/m1/s1. The second-order valence-electron chi connectivity index (χ2n) is 7.45. The lowest BCUT2D eigenvalue weighted by Gasteiger charge is -2.30. The van der Waals surface area contributed by atoms with Gasteiger partial charge in [0.25, 0.3) is 0 Å². The molecule has 2 amide bonds. The van der Waals surface area contributed by atoms with E-state index in [1.807, 2.05) is 11.0 Å². The third-order valence-electron chi connectivity index (χ3n) is 5.72. The van der Waals surface area contributed by atoms with Crippen molar-refractivity contribution < 1.29 is 9.59 Å². The van der Waals surface area contributed by atoms with E-state index in [4.69, 9.17) is 0 Å². The number of fused-ring (bicyclic) bond motifs is 1. The van der Waals surface area contributed by atoms with E-state index in [9.17, 15) is 9.59 Å². The van der Waals surface area contributed by atoms with Crippen LogP contribution >= 0.6 is 11.8 Å². The lowest BCUT2D eigenvalue weighted by Crippen LogP contribution is -2.50. The van der Waals surface area contributed by atoms with Gasteiger partial charge in [0, 0.05) is 37.5 Å². The van der Waals surface area contributed by atoms with E-state index in [0.717, 1.165) is 31.7 Å². The first kappa shape index (κ1) is 16.8. The second kappa shape index (κ2) is 6.56. The van der Waals surface area contributed by atoms with Crippen molar-refractivity contribution in [3.05, 3.63) is 30.3 Å². The van der Waals surface area contributed by atoms with Gasteiger partial charge in [-0.05, 0) is 37.8 Å². The molecule has 25 heavy (non-hydrogen) atoms. The van der Waals surface area contributed by atoms with Gasteiger partial charge in [0.2, 0.25) is 11.8 Å². The predicted octanol–water partition coefficient (Wildman–Crippen LogP) is 2.08. The van der Waals surface area contributed by atoms with E-state index in [1.165, 1.54) is 5.69 Å². The van der Waals surface area contributed by atoms with Crippen molar-refractivity contribution in [2.24, 2.45) is 5.92 Å². The van der Waals surface area contributed by atoms with E-state index >= 15 is 0 Å².